The van der Waals surface area contributed by atoms with Gasteiger partial charge in [-0.25, -0.2) is 12.8 Å². The van der Waals surface area contributed by atoms with E-state index >= 15 is 0 Å². The van der Waals surface area contributed by atoms with E-state index in [-0.39, 0.29) is 25.9 Å². The van der Waals surface area contributed by atoms with Crippen LogP contribution in [0, 0.1) is 18.2 Å². The van der Waals surface area contributed by atoms with Crippen LogP contribution in [-0.4, -0.2) is 48.1 Å². The molecule has 2 N–H and O–H groups in total. The Morgan fingerprint density at radius 2 is 2.12 bits per heavy atom. The average Bonchev–Trinajstić information content (AvgIpc) is 2.48. The van der Waals surface area contributed by atoms with Gasteiger partial charge in [0.1, 0.15) is 16.1 Å². The van der Waals surface area contributed by atoms with Crippen molar-refractivity contribution in [2.75, 3.05) is 13.1 Å². The number of sulfonamides is 1. The minimum absolute atomic E-state index is 0.000982. The number of piperidine rings is 1. The van der Waals surface area contributed by atoms with E-state index in [1.165, 1.54) is 12.1 Å². The average molecular weight is 359 g/mol. The van der Waals surface area contributed by atoms with Crippen molar-refractivity contribution < 1.29 is 27.8 Å². The second-order valence-electron chi connectivity index (χ2n) is 6.29. The molecule has 8 heteroatoms. The van der Waals surface area contributed by atoms with Gasteiger partial charge >= 0.3 is 5.97 Å². The van der Waals surface area contributed by atoms with E-state index in [4.69, 9.17) is 0 Å². The number of carbonyl (C=O) groups is 1. The normalized spacial score (nSPS) is 25.6. The largest absolute Gasteiger partial charge is 0.481 e. The third-order valence-corrected chi connectivity index (χ3v) is 6.45. The standard InChI is InChI=1S/C16H22FNO5S/c1-3-7-16(15(20)21)10-18(8-6-14(16)19)24(22,23)13-5-4-11(2)9-12(13)17/h4-5,9,14,19H,3,6-8,10H2,1-2H3,(H,20,21)/t14-,16+/m1/s1. The number of hydrogen-bond donors (Lipinski definition) is 2. The van der Waals surface area contributed by atoms with E-state index in [0.29, 0.717) is 12.0 Å². The summed E-state index contributed by atoms with van der Waals surface area (Å²) in [5.41, 5.74) is -0.979. The van der Waals surface area contributed by atoms with Gasteiger partial charge in [0.25, 0.3) is 0 Å². The molecule has 1 saturated heterocycles. The van der Waals surface area contributed by atoms with Crippen LogP contribution in [0.5, 0.6) is 0 Å². The first-order chi connectivity index (χ1) is 11.1. The molecule has 0 saturated carbocycles. The number of aliphatic hydroxyl groups excluding tert-OH is 1. The van der Waals surface area contributed by atoms with Crippen LogP contribution in [0.1, 0.15) is 31.7 Å². The maximum Gasteiger partial charge on any atom is 0.313 e. The SMILES string of the molecule is CCC[C@]1(C(=O)O)CN(S(=O)(=O)c2ccc(C)cc2F)CC[C@H]1O. The number of carboxylic acid groups (broad SMARTS) is 1. The predicted molar refractivity (Wildman–Crippen MR) is 85.5 cm³/mol. The summed E-state index contributed by atoms with van der Waals surface area (Å²) in [6.45, 7) is 3.00. The molecule has 0 spiro atoms. The van der Waals surface area contributed by atoms with Crippen molar-refractivity contribution in [1.82, 2.24) is 4.31 Å². The molecule has 6 nitrogen and oxygen atoms in total. The molecule has 1 fully saturated rings. The van der Waals surface area contributed by atoms with Gasteiger partial charge in [0.2, 0.25) is 10.0 Å². The second kappa shape index (κ2) is 6.78. The van der Waals surface area contributed by atoms with Crippen LogP contribution in [0.25, 0.3) is 0 Å². The molecular weight excluding hydrogens is 337 g/mol. The van der Waals surface area contributed by atoms with Crippen LogP contribution in [0.15, 0.2) is 23.1 Å². The lowest BCUT2D eigenvalue weighted by Gasteiger charge is -2.42. The Balaban J connectivity index is 2.42. The van der Waals surface area contributed by atoms with Crippen LogP contribution >= 0.6 is 0 Å². The summed E-state index contributed by atoms with van der Waals surface area (Å²) < 4.78 is 40.6. The third-order valence-electron chi connectivity index (χ3n) is 4.58. The number of aliphatic carboxylic acids is 1. The summed E-state index contributed by atoms with van der Waals surface area (Å²) in [7, 11) is -4.17. The fourth-order valence-corrected chi connectivity index (χ4v) is 4.78. The van der Waals surface area contributed by atoms with Gasteiger partial charge in [-0.15, -0.1) is 0 Å². The van der Waals surface area contributed by atoms with Crippen LogP contribution in [0.3, 0.4) is 0 Å². The summed E-state index contributed by atoms with van der Waals surface area (Å²) in [4.78, 5) is 11.3. The molecule has 0 radical (unpaired) electrons. The molecule has 1 aliphatic rings. The Labute approximate surface area is 141 Å². The lowest BCUT2D eigenvalue weighted by atomic mass is 9.74. The lowest BCUT2D eigenvalue weighted by Crippen LogP contribution is -2.57. The smallest absolute Gasteiger partial charge is 0.313 e. The molecule has 1 aromatic carbocycles. The number of aryl methyl sites for hydroxylation is 1. The van der Waals surface area contributed by atoms with Gasteiger partial charge in [-0.1, -0.05) is 19.4 Å². The topological polar surface area (TPSA) is 94.9 Å². The van der Waals surface area contributed by atoms with E-state index in [1.807, 2.05) is 0 Å². The number of rotatable bonds is 5. The predicted octanol–water partition coefficient (Wildman–Crippen LogP) is 1.76. The zero-order valence-corrected chi connectivity index (χ0v) is 14.5. The quantitative estimate of drug-likeness (QED) is 0.835. The molecule has 0 aliphatic carbocycles. The van der Waals surface area contributed by atoms with Gasteiger partial charge in [0, 0.05) is 13.1 Å². The first-order valence-corrected chi connectivity index (χ1v) is 9.27. The van der Waals surface area contributed by atoms with Crippen molar-refractivity contribution in [3.05, 3.63) is 29.6 Å². The van der Waals surface area contributed by atoms with Crippen molar-refractivity contribution in [3.63, 3.8) is 0 Å². The van der Waals surface area contributed by atoms with Crippen LogP contribution in [-0.2, 0) is 14.8 Å². The van der Waals surface area contributed by atoms with Crippen molar-refractivity contribution in [2.24, 2.45) is 5.41 Å². The minimum Gasteiger partial charge on any atom is -0.481 e. The molecule has 0 amide bonds. The molecule has 1 heterocycles. The lowest BCUT2D eigenvalue weighted by molar-refractivity contribution is -0.161. The van der Waals surface area contributed by atoms with Crippen molar-refractivity contribution in [2.45, 2.75) is 44.1 Å². The molecule has 0 aromatic heterocycles. The summed E-state index contributed by atoms with van der Waals surface area (Å²) in [6, 6.07) is 3.81. The van der Waals surface area contributed by atoms with E-state index in [1.54, 1.807) is 13.8 Å². The first-order valence-electron chi connectivity index (χ1n) is 7.83. The molecule has 0 unspecified atom stereocenters. The zero-order valence-electron chi connectivity index (χ0n) is 13.7. The number of aliphatic hydroxyl groups is 1. The second-order valence-corrected chi connectivity index (χ2v) is 8.19. The van der Waals surface area contributed by atoms with E-state index in [2.05, 4.69) is 0 Å². The molecule has 24 heavy (non-hydrogen) atoms. The first kappa shape index (κ1) is 18.8. The Hall–Kier alpha value is -1.51. The molecular formula is C16H22FNO5S. The summed E-state index contributed by atoms with van der Waals surface area (Å²) in [6.07, 6.45) is -0.509. The molecule has 1 aliphatic heterocycles. The van der Waals surface area contributed by atoms with Crippen molar-refractivity contribution in [1.29, 1.82) is 0 Å². The molecule has 0 bridgehead atoms. The molecule has 1 aromatic rings. The minimum atomic E-state index is -4.17. The maximum atomic E-state index is 14.1. The molecule has 2 rings (SSSR count). The number of benzene rings is 1. The highest BCUT2D eigenvalue weighted by molar-refractivity contribution is 7.89. The summed E-state index contributed by atoms with van der Waals surface area (Å²) >= 11 is 0. The van der Waals surface area contributed by atoms with E-state index < -0.39 is 38.2 Å². The van der Waals surface area contributed by atoms with Crippen molar-refractivity contribution in [3.8, 4) is 0 Å². The summed E-state index contributed by atoms with van der Waals surface area (Å²) in [5.74, 6) is -2.10. The fraction of sp³-hybridized carbons (Fsp3) is 0.562. The Morgan fingerprint density at radius 1 is 1.46 bits per heavy atom. The summed E-state index contributed by atoms with van der Waals surface area (Å²) in [5, 5.41) is 19.8. The van der Waals surface area contributed by atoms with Crippen molar-refractivity contribution >= 4 is 16.0 Å². The van der Waals surface area contributed by atoms with E-state index in [0.717, 1.165) is 10.4 Å². The molecule has 134 valence electrons. The van der Waals surface area contributed by atoms with Crippen LogP contribution in [0.2, 0.25) is 0 Å². The Bertz CT molecular complexity index is 736. The Morgan fingerprint density at radius 3 is 2.67 bits per heavy atom. The van der Waals surface area contributed by atoms with Gasteiger partial charge < -0.3 is 10.2 Å². The number of nitrogens with zero attached hydrogens (tertiary/aromatic N) is 1. The fourth-order valence-electron chi connectivity index (χ4n) is 3.21. The highest BCUT2D eigenvalue weighted by atomic mass is 32.2. The highest BCUT2D eigenvalue weighted by Gasteiger charge is 2.51. The third kappa shape index (κ3) is 3.18. The number of hydrogen-bond acceptors (Lipinski definition) is 4. The zero-order chi connectivity index (χ0) is 18.1. The van der Waals surface area contributed by atoms with E-state index in [9.17, 15) is 27.8 Å². The van der Waals surface area contributed by atoms with Crippen LogP contribution < -0.4 is 0 Å². The van der Waals surface area contributed by atoms with Gasteiger partial charge in [0.15, 0.2) is 0 Å². The Kier molecular flexibility index (Phi) is 5.31. The molecule has 2 atom stereocenters. The highest BCUT2D eigenvalue weighted by Crippen LogP contribution is 2.37. The van der Waals surface area contributed by atoms with Gasteiger partial charge in [0.05, 0.1) is 6.10 Å². The van der Waals surface area contributed by atoms with Gasteiger partial charge in [-0.3, -0.25) is 4.79 Å². The number of halogens is 1. The van der Waals surface area contributed by atoms with Gasteiger partial charge in [-0.05, 0) is 37.5 Å². The monoisotopic (exact) mass is 359 g/mol. The van der Waals surface area contributed by atoms with Gasteiger partial charge in [-0.2, -0.15) is 4.31 Å². The van der Waals surface area contributed by atoms with Crippen LogP contribution in [0.4, 0.5) is 4.39 Å². The number of carboxylic acids is 1. The maximum absolute atomic E-state index is 14.1.